The molecule has 0 spiro atoms. The molecule has 12 heteroatoms. The first kappa shape index (κ1) is 30.4. The summed E-state index contributed by atoms with van der Waals surface area (Å²) in [5, 5.41) is 2.53. The average molecular weight is 591 g/mol. The van der Waals surface area contributed by atoms with Gasteiger partial charge in [-0.15, -0.1) is 0 Å². The van der Waals surface area contributed by atoms with E-state index >= 15 is 0 Å². The predicted molar refractivity (Wildman–Crippen MR) is 141 cm³/mol. The number of benzene rings is 2. The van der Waals surface area contributed by atoms with Gasteiger partial charge in [-0.05, 0) is 23.3 Å². The average Bonchev–Trinajstić information content (AvgIpc) is 3.35. The number of amides is 1. The monoisotopic (exact) mass is 589 g/mol. The molecule has 38 heavy (non-hydrogen) atoms. The van der Waals surface area contributed by atoms with Gasteiger partial charge in [-0.25, -0.2) is 4.79 Å². The number of carbonyl (C=O) groups is 2. The third kappa shape index (κ3) is 7.72. The van der Waals surface area contributed by atoms with Gasteiger partial charge in [0.15, 0.2) is 11.8 Å². The molecule has 2 aromatic carbocycles. The van der Waals surface area contributed by atoms with Gasteiger partial charge in [-0.2, -0.15) is 0 Å². The van der Waals surface area contributed by atoms with E-state index in [1.165, 1.54) is 14.2 Å². The van der Waals surface area contributed by atoms with E-state index in [4.69, 9.17) is 63.2 Å². The molecule has 0 unspecified atom stereocenters. The van der Waals surface area contributed by atoms with E-state index in [1.807, 2.05) is 30.3 Å². The summed E-state index contributed by atoms with van der Waals surface area (Å²) in [4.78, 5) is 26.3. The maximum atomic E-state index is 13.4. The first-order valence-electron chi connectivity index (χ1n) is 11.6. The van der Waals surface area contributed by atoms with E-state index in [2.05, 4.69) is 5.32 Å². The highest BCUT2D eigenvalue weighted by atomic mass is 35.6. The number of hydrogen-bond donors (Lipinski definition) is 1. The molecule has 3 rings (SSSR count). The number of alkyl halides is 3. The van der Waals surface area contributed by atoms with Gasteiger partial charge in [0.1, 0.15) is 11.9 Å². The Morgan fingerprint density at radius 3 is 2.21 bits per heavy atom. The molecule has 1 N–H and O–H groups in total. The van der Waals surface area contributed by atoms with E-state index in [-0.39, 0.29) is 26.2 Å². The fourth-order valence-corrected chi connectivity index (χ4v) is 4.20. The van der Waals surface area contributed by atoms with E-state index < -0.39 is 39.7 Å². The van der Waals surface area contributed by atoms with Gasteiger partial charge in [0.05, 0.1) is 40.1 Å². The number of carbonyl (C=O) groups excluding carboxylic acids is 2. The smallest absolute Gasteiger partial charge is 0.336 e. The number of halogens is 3. The van der Waals surface area contributed by atoms with Crippen molar-refractivity contribution in [1.82, 2.24) is 5.32 Å². The Morgan fingerprint density at radius 2 is 1.63 bits per heavy atom. The lowest BCUT2D eigenvalue weighted by Crippen LogP contribution is -2.69. The topological polar surface area (TPSA) is 102 Å². The summed E-state index contributed by atoms with van der Waals surface area (Å²) in [6, 6.07) is 16.6. The summed E-state index contributed by atoms with van der Waals surface area (Å²) in [6.07, 6.45) is -2.32. The van der Waals surface area contributed by atoms with Gasteiger partial charge in [0.25, 0.3) is 9.70 Å². The van der Waals surface area contributed by atoms with Crippen molar-refractivity contribution in [3.63, 3.8) is 0 Å². The van der Waals surface area contributed by atoms with E-state index in [0.29, 0.717) is 5.75 Å². The Balaban J connectivity index is 1.92. The lowest BCUT2D eigenvalue weighted by Gasteiger charge is -2.39. The number of ether oxygens (including phenoxy) is 6. The van der Waals surface area contributed by atoms with Crippen molar-refractivity contribution in [2.45, 2.75) is 47.5 Å². The maximum Gasteiger partial charge on any atom is 0.336 e. The molecule has 0 aromatic heterocycles. The van der Waals surface area contributed by atoms with Crippen LogP contribution in [-0.4, -0.2) is 67.6 Å². The summed E-state index contributed by atoms with van der Waals surface area (Å²) in [6.45, 7) is -0.0863. The second-order valence-electron chi connectivity index (χ2n) is 8.55. The zero-order valence-corrected chi connectivity index (χ0v) is 23.4. The summed E-state index contributed by atoms with van der Waals surface area (Å²) in [7, 11) is 4.19. The molecular weight excluding hydrogens is 561 g/mol. The molecule has 1 saturated heterocycles. The van der Waals surface area contributed by atoms with Crippen LogP contribution >= 0.6 is 34.8 Å². The molecule has 0 radical (unpaired) electrons. The van der Waals surface area contributed by atoms with Crippen LogP contribution in [0.3, 0.4) is 0 Å². The van der Waals surface area contributed by atoms with E-state index in [9.17, 15) is 9.59 Å². The highest BCUT2D eigenvalue weighted by molar-refractivity contribution is 6.76. The zero-order valence-electron chi connectivity index (χ0n) is 21.2. The normalized spacial score (nSPS) is 20.9. The molecule has 208 valence electrons. The standard InChI is InChI=1S/C26H30Cl3NO8/c1-33-19-11-9-18(10-12-19)14-36-16-25(24(32)35-3,30-23(31)26(27,28)29)22-20(13-21(34-2)38-22)37-15-17-7-5-4-6-8-17/h4-12,20-22H,13-16H2,1-3H3,(H,30,31)/t20-,21+,22+,25+/m1/s1. The van der Waals surface area contributed by atoms with Gasteiger partial charge < -0.3 is 33.7 Å². The Bertz CT molecular complexity index is 1050. The first-order chi connectivity index (χ1) is 18.1. The third-order valence-corrected chi connectivity index (χ3v) is 6.53. The second kappa shape index (κ2) is 13.8. The minimum absolute atomic E-state index is 0.0857. The van der Waals surface area contributed by atoms with Crippen LogP contribution in [-0.2, 0) is 46.5 Å². The Kier molecular flexibility index (Phi) is 11.1. The maximum absolute atomic E-state index is 13.4. The van der Waals surface area contributed by atoms with E-state index in [1.54, 1.807) is 31.4 Å². The van der Waals surface area contributed by atoms with Crippen LogP contribution in [0.2, 0.25) is 0 Å². The Hall–Kier alpha value is -2.11. The Morgan fingerprint density at radius 1 is 0.974 bits per heavy atom. The van der Waals surface area contributed by atoms with Crippen LogP contribution in [0.15, 0.2) is 54.6 Å². The third-order valence-electron chi connectivity index (χ3n) is 6.02. The first-order valence-corrected chi connectivity index (χ1v) is 12.8. The predicted octanol–water partition coefficient (Wildman–Crippen LogP) is 3.96. The molecule has 4 atom stereocenters. The van der Waals surface area contributed by atoms with Crippen LogP contribution in [0, 0.1) is 0 Å². The number of esters is 1. The van der Waals surface area contributed by atoms with Crippen molar-refractivity contribution < 1.29 is 38.0 Å². The van der Waals surface area contributed by atoms with E-state index in [0.717, 1.165) is 11.1 Å². The van der Waals surface area contributed by atoms with Crippen molar-refractivity contribution in [2.24, 2.45) is 0 Å². The largest absolute Gasteiger partial charge is 0.497 e. The molecule has 9 nitrogen and oxygen atoms in total. The molecule has 0 saturated carbocycles. The van der Waals surface area contributed by atoms with Crippen LogP contribution in [0.1, 0.15) is 17.5 Å². The SMILES string of the molecule is COC(=O)[C@@](COCc1ccc(OC)cc1)(NC(=O)C(Cl)(Cl)Cl)[C@H]1O[C@H](OC)C[C@H]1OCc1ccccc1. The summed E-state index contributed by atoms with van der Waals surface area (Å²) >= 11 is 17.6. The van der Waals surface area contributed by atoms with Crippen molar-refractivity contribution in [1.29, 1.82) is 0 Å². The minimum atomic E-state index is -2.38. The number of methoxy groups -OCH3 is 3. The molecule has 1 aliphatic heterocycles. The quantitative estimate of drug-likeness (QED) is 0.293. The van der Waals surface area contributed by atoms with Crippen molar-refractivity contribution in [3.8, 4) is 5.75 Å². The van der Waals surface area contributed by atoms with Crippen molar-refractivity contribution in [3.05, 3.63) is 65.7 Å². The highest BCUT2D eigenvalue weighted by Crippen LogP contribution is 2.35. The zero-order chi connectivity index (χ0) is 27.8. The molecule has 2 aromatic rings. The van der Waals surface area contributed by atoms with Gasteiger partial charge >= 0.3 is 5.97 Å². The van der Waals surface area contributed by atoms with Crippen LogP contribution < -0.4 is 10.1 Å². The highest BCUT2D eigenvalue weighted by Gasteiger charge is 2.58. The van der Waals surface area contributed by atoms with Gasteiger partial charge in [0, 0.05) is 13.5 Å². The minimum Gasteiger partial charge on any atom is -0.497 e. The molecule has 0 aliphatic carbocycles. The second-order valence-corrected chi connectivity index (χ2v) is 10.8. The Labute approximate surface area is 236 Å². The lowest BCUT2D eigenvalue weighted by molar-refractivity contribution is -0.182. The van der Waals surface area contributed by atoms with Gasteiger partial charge in [-0.3, -0.25) is 4.79 Å². The molecule has 1 amide bonds. The van der Waals surface area contributed by atoms with Gasteiger partial charge in [-0.1, -0.05) is 77.3 Å². The fourth-order valence-electron chi connectivity index (χ4n) is 4.06. The van der Waals surface area contributed by atoms with Crippen LogP contribution in [0.4, 0.5) is 0 Å². The van der Waals surface area contributed by atoms with Crippen LogP contribution in [0.25, 0.3) is 0 Å². The van der Waals surface area contributed by atoms with Crippen molar-refractivity contribution >= 4 is 46.7 Å². The van der Waals surface area contributed by atoms with Gasteiger partial charge in [0.2, 0.25) is 0 Å². The number of nitrogens with one attached hydrogen (secondary N) is 1. The molecular formula is C26H30Cl3NO8. The number of rotatable bonds is 12. The molecule has 0 bridgehead atoms. The lowest BCUT2D eigenvalue weighted by atomic mass is 9.88. The number of hydrogen-bond acceptors (Lipinski definition) is 8. The van der Waals surface area contributed by atoms with Crippen molar-refractivity contribution in [2.75, 3.05) is 27.9 Å². The van der Waals surface area contributed by atoms with Crippen LogP contribution in [0.5, 0.6) is 5.75 Å². The molecule has 1 heterocycles. The summed E-state index contributed by atoms with van der Waals surface area (Å²) in [5.41, 5.74) is -0.259. The fraction of sp³-hybridized carbons (Fsp3) is 0.462. The molecule has 1 aliphatic rings. The summed E-state index contributed by atoms with van der Waals surface area (Å²) < 4.78 is 31.4. The summed E-state index contributed by atoms with van der Waals surface area (Å²) in [5.74, 6) is -1.26. The molecule has 1 fully saturated rings.